The van der Waals surface area contributed by atoms with Gasteiger partial charge in [0.25, 0.3) is 0 Å². The van der Waals surface area contributed by atoms with Crippen molar-refractivity contribution in [3.8, 4) is 0 Å². The lowest BCUT2D eigenvalue weighted by molar-refractivity contribution is -0.142. The normalized spacial score (nSPS) is 16.8. The molecule has 1 aromatic rings. The minimum atomic E-state index is -2.00. The van der Waals surface area contributed by atoms with Crippen LogP contribution in [0.3, 0.4) is 0 Å². The van der Waals surface area contributed by atoms with E-state index in [0.29, 0.717) is 6.07 Å². The third kappa shape index (κ3) is 5.52. The van der Waals surface area contributed by atoms with Crippen LogP contribution in [0.4, 0.5) is 17.6 Å². The van der Waals surface area contributed by atoms with E-state index in [-0.39, 0.29) is 12.3 Å². The number of ether oxygens (including phenoxy) is 3. The number of carbonyl (C=O) groups is 3. The number of carbonyl (C=O) groups excluding carboxylic acids is 3. The van der Waals surface area contributed by atoms with Crippen molar-refractivity contribution >= 4 is 17.9 Å². The molecule has 2 rings (SSSR count). The maximum absolute atomic E-state index is 14.6. The Morgan fingerprint density at radius 1 is 1.09 bits per heavy atom. The van der Waals surface area contributed by atoms with Crippen molar-refractivity contribution < 1.29 is 46.2 Å². The standard InChI is InChI=1S/C22H23F4NO6/c1-5-32-22(30)20-16(9-33-11(3)28)27-15(8-23)19(21(29)31-4)18(20)13-6-12(25)7-14(26)17(13)10(2)24/h6-7,10,18,27H,5,8-9H2,1-4H3. The van der Waals surface area contributed by atoms with Crippen LogP contribution in [0.15, 0.2) is 34.7 Å². The van der Waals surface area contributed by atoms with Gasteiger partial charge in [-0.3, -0.25) is 4.79 Å². The van der Waals surface area contributed by atoms with Crippen molar-refractivity contribution in [1.29, 1.82) is 0 Å². The zero-order valence-electron chi connectivity index (χ0n) is 18.4. The molecule has 0 aromatic heterocycles. The first-order chi connectivity index (χ1) is 15.6. The Hall–Kier alpha value is -3.37. The van der Waals surface area contributed by atoms with Crippen LogP contribution in [0.1, 0.15) is 44.0 Å². The second-order valence-corrected chi connectivity index (χ2v) is 6.97. The predicted octanol–water partition coefficient (Wildman–Crippen LogP) is 3.46. The number of allylic oxidation sites excluding steroid dienone is 1. The molecule has 0 saturated heterocycles. The van der Waals surface area contributed by atoms with Crippen molar-refractivity contribution in [3.63, 3.8) is 0 Å². The molecule has 0 amide bonds. The molecule has 180 valence electrons. The Balaban J connectivity index is 2.96. The van der Waals surface area contributed by atoms with Gasteiger partial charge in [-0.25, -0.2) is 27.2 Å². The highest BCUT2D eigenvalue weighted by Crippen LogP contribution is 2.43. The van der Waals surface area contributed by atoms with Crippen molar-refractivity contribution in [2.75, 3.05) is 27.0 Å². The molecule has 11 heteroatoms. The first-order valence-electron chi connectivity index (χ1n) is 9.87. The second kappa shape index (κ2) is 11.0. The molecular weight excluding hydrogens is 450 g/mol. The van der Waals surface area contributed by atoms with Gasteiger partial charge in [0.15, 0.2) is 0 Å². The molecule has 1 aliphatic heterocycles. The van der Waals surface area contributed by atoms with Crippen molar-refractivity contribution in [2.45, 2.75) is 32.9 Å². The van der Waals surface area contributed by atoms with Crippen LogP contribution >= 0.6 is 0 Å². The number of hydrogen-bond acceptors (Lipinski definition) is 7. The van der Waals surface area contributed by atoms with E-state index in [9.17, 15) is 31.9 Å². The molecule has 1 N–H and O–H groups in total. The van der Waals surface area contributed by atoms with Crippen molar-refractivity contribution in [2.24, 2.45) is 0 Å². The Kier molecular flexibility index (Phi) is 8.61. The topological polar surface area (TPSA) is 90.9 Å². The smallest absolute Gasteiger partial charge is 0.336 e. The summed E-state index contributed by atoms with van der Waals surface area (Å²) in [5.74, 6) is -7.01. The third-order valence-electron chi connectivity index (χ3n) is 4.82. The molecular formula is C22H23F4NO6. The highest BCUT2D eigenvalue weighted by Gasteiger charge is 2.42. The van der Waals surface area contributed by atoms with E-state index in [1.165, 1.54) is 6.92 Å². The summed E-state index contributed by atoms with van der Waals surface area (Å²) in [6, 6.07) is 1.19. The predicted molar refractivity (Wildman–Crippen MR) is 107 cm³/mol. The largest absolute Gasteiger partial charge is 0.466 e. The number of esters is 3. The number of rotatable bonds is 8. The van der Waals surface area contributed by atoms with Gasteiger partial charge in [-0.05, 0) is 25.5 Å². The number of hydrogen-bond donors (Lipinski definition) is 1. The van der Waals surface area contributed by atoms with E-state index in [2.05, 4.69) is 5.32 Å². The van der Waals surface area contributed by atoms with E-state index in [4.69, 9.17) is 14.2 Å². The molecule has 7 nitrogen and oxygen atoms in total. The average Bonchev–Trinajstić information content (AvgIpc) is 2.74. The van der Waals surface area contributed by atoms with Gasteiger partial charge in [-0.1, -0.05) is 0 Å². The summed E-state index contributed by atoms with van der Waals surface area (Å²) in [6.45, 7) is 1.53. The number of alkyl halides is 2. The van der Waals surface area contributed by atoms with Crippen molar-refractivity contribution in [3.05, 3.63) is 57.4 Å². The van der Waals surface area contributed by atoms with Crippen LogP contribution in [-0.4, -0.2) is 44.9 Å². The van der Waals surface area contributed by atoms with Crippen molar-refractivity contribution in [1.82, 2.24) is 5.32 Å². The van der Waals surface area contributed by atoms with Gasteiger partial charge in [0.2, 0.25) is 0 Å². The number of methoxy groups -OCH3 is 1. The Labute approximate surface area is 187 Å². The molecule has 1 aliphatic rings. The van der Waals surface area contributed by atoms with Crippen LogP contribution in [0.5, 0.6) is 0 Å². The first-order valence-corrected chi connectivity index (χ1v) is 9.87. The fraction of sp³-hybridized carbons (Fsp3) is 0.409. The molecule has 0 spiro atoms. The third-order valence-corrected chi connectivity index (χ3v) is 4.82. The zero-order chi connectivity index (χ0) is 24.9. The molecule has 0 saturated carbocycles. The second-order valence-electron chi connectivity index (χ2n) is 6.97. The minimum Gasteiger partial charge on any atom is -0.466 e. The number of dihydropyridines is 1. The monoisotopic (exact) mass is 473 g/mol. The summed E-state index contributed by atoms with van der Waals surface area (Å²) in [4.78, 5) is 36.9. The van der Waals surface area contributed by atoms with Crippen LogP contribution in [-0.2, 0) is 28.6 Å². The van der Waals surface area contributed by atoms with Gasteiger partial charge in [0.05, 0.1) is 42.2 Å². The minimum absolute atomic E-state index is 0.132. The number of halogens is 4. The average molecular weight is 473 g/mol. The van der Waals surface area contributed by atoms with Gasteiger partial charge in [-0.2, -0.15) is 0 Å². The van der Waals surface area contributed by atoms with E-state index in [1.54, 1.807) is 0 Å². The molecule has 2 unspecified atom stereocenters. The summed E-state index contributed by atoms with van der Waals surface area (Å²) in [5.41, 5.74) is -2.63. The van der Waals surface area contributed by atoms with Crippen LogP contribution in [0.2, 0.25) is 0 Å². The maximum atomic E-state index is 14.6. The number of nitrogens with one attached hydrogen (secondary N) is 1. The van der Waals surface area contributed by atoms with Gasteiger partial charge in [0, 0.05) is 18.6 Å². The summed E-state index contributed by atoms with van der Waals surface area (Å²) >= 11 is 0. The molecule has 2 atom stereocenters. The van der Waals surface area contributed by atoms with Gasteiger partial charge < -0.3 is 19.5 Å². The van der Waals surface area contributed by atoms with E-state index >= 15 is 0 Å². The highest BCUT2D eigenvalue weighted by molar-refractivity contribution is 6.00. The lowest BCUT2D eigenvalue weighted by Gasteiger charge is -2.32. The number of benzene rings is 1. The lowest BCUT2D eigenvalue weighted by atomic mass is 9.77. The highest BCUT2D eigenvalue weighted by atomic mass is 19.1. The van der Waals surface area contributed by atoms with E-state index in [1.807, 2.05) is 0 Å². The summed E-state index contributed by atoms with van der Waals surface area (Å²) < 4.78 is 72.0. The fourth-order valence-corrected chi connectivity index (χ4v) is 3.58. The molecule has 0 aliphatic carbocycles. The first kappa shape index (κ1) is 25.9. The van der Waals surface area contributed by atoms with E-state index in [0.717, 1.165) is 27.0 Å². The Bertz CT molecular complexity index is 1020. The molecule has 0 radical (unpaired) electrons. The lowest BCUT2D eigenvalue weighted by Crippen LogP contribution is -2.36. The SMILES string of the molecule is CCOC(=O)C1=C(COC(C)=O)NC(CF)=C(C(=O)OC)C1c1cc(F)cc(F)c1C(C)F. The molecule has 0 fully saturated rings. The molecule has 0 bridgehead atoms. The molecule has 33 heavy (non-hydrogen) atoms. The fourth-order valence-electron chi connectivity index (χ4n) is 3.58. The van der Waals surface area contributed by atoms with Gasteiger partial charge in [0.1, 0.15) is 31.1 Å². The Morgan fingerprint density at radius 3 is 2.24 bits per heavy atom. The van der Waals surface area contributed by atoms with Crippen LogP contribution in [0, 0.1) is 11.6 Å². The zero-order valence-corrected chi connectivity index (χ0v) is 18.4. The maximum Gasteiger partial charge on any atom is 0.336 e. The van der Waals surface area contributed by atoms with Crippen LogP contribution in [0.25, 0.3) is 0 Å². The molecule has 1 heterocycles. The van der Waals surface area contributed by atoms with Gasteiger partial charge >= 0.3 is 17.9 Å². The van der Waals surface area contributed by atoms with Crippen LogP contribution < -0.4 is 5.32 Å². The van der Waals surface area contributed by atoms with E-state index < -0.39 is 82.9 Å². The summed E-state index contributed by atoms with van der Waals surface area (Å²) in [7, 11) is 0.981. The Morgan fingerprint density at radius 2 is 1.73 bits per heavy atom. The van der Waals surface area contributed by atoms with Gasteiger partial charge in [-0.15, -0.1) is 0 Å². The quantitative estimate of drug-likeness (QED) is 0.351. The summed E-state index contributed by atoms with van der Waals surface area (Å²) in [6.07, 6.45) is -2.00. The summed E-state index contributed by atoms with van der Waals surface area (Å²) in [5, 5.41) is 2.52. The molecule has 1 aromatic carbocycles.